The van der Waals surface area contributed by atoms with Crippen LogP contribution in [0.1, 0.15) is 37.0 Å². The summed E-state index contributed by atoms with van der Waals surface area (Å²) in [5, 5.41) is 5.90. The Labute approximate surface area is 185 Å². The van der Waals surface area contributed by atoms with E-state index in [1.54, 1.807) is 25.1 Å². The number of hydrogen-bond donors (Lipinski definition) is 2. The highest BCUT2D eigenvalue weighted by Crippen LogP contribution is 2.34. The van der Waals surface area contributed by atoms with Gasteiger partial charge in [0.2, 0.25) is 5.91 Å². The quantitative estimate of drug-likeness (QED) is 0.693. The average Bonchev–Trinajstić information content (AvgIpc) is 3.29. The van der Waals surface area contributed by atoms with E-state index in [0.29, 0.717) is 16.5 Å². The number of nitrogens with one attached hydrogen (secondary N) is 2. The first-order valence-electron chi connectivity index (χ1n) is 10.2. The van der Waals surface area contributed by atoms with Crippen molar-refractivity contribution >= 4 is 35.1 Å². The van der Waals surface area contributed by atoms with Gasteiger partial charge in [-0.15, -0.1) is 0 Å². The number of amides is 4. The van der Waals surface area contributed by atoms with Crippen LogP contribution in [-0.2, 0) is 28.0 Å². The SMILES string of the molecule is COc1ccc(Cl)cc1NC(=O)[C@@H](C)N1C(=O)N[C@](C)(c2ccc3c(c2)CCC3)C1=O. The fourth-order valence-electron chi connectivity index (χ4n) is 4.22. The number of imide groups is 1. The molecule has 0 unspecified atom stereocenters. The third-order valence-corrected chi connectivity index (χ3v) is 6.32. The topological polar surface area (TPSA) is 87.7 Å². The lowest BCUT2D eigenvalue weighted by Crippen LogP contribution is -2.47. The molecule has 4 rings (SSSR count). The third kappa shape index (κ3) is 3.63. The van der Waals surface area contributed by atoms with Gasteiger partial charge in [0.1, 0.15) is 17.3 Å². The Morgan fingerprint density at radius 2 is 1.94 bits per heavy atom. The highest BCUT2D eigenvalue weighted by molar-refractivity contribution is 6.31. The van der Waals surface area contributed by atoms with Crippen molar-refractivity contribution in [3.8, 4) is 5.75 Å². The molecule has 7 nitrogen and oxygen atoms in total. The molecule has 1 saturated heterocycles. The monoisotopic (exact) mass is 441 g/mol. The Kier molecular flexibility index (Phi) is 5.39. The molecule has 1 aliphatic heterocycles. The molecule has 0 saturated carbocycles. The molecule has 0 radical (unpaired) electrons. The normalized spacial score (nSPS) is 21.0. The van der Waals surface area contributed by atoms with Gasteiger partial charge < -0.3 is 15.4 Å². The van der Waals surface area contributed by atoms with Gasteiger partial charge in [0.25, 0.3) is 5.91 Å². The summed E-state index contributed by atoms with van der Waals surface area (Å²) < 4.78 is 5.24. The van der Waals surface area contributed by atoms with Crippen LogP contribution in [0.25, 0.3) is 0 Å². The molecule has 0 aromatic heterocycles. The number of aryl methyl sites for hydroxylation is 2. The van der Waals surface area contributed by atoms with E-state index in [1.807, 2.05) is 18.2 Å². The number of rotatable bonds is 5. The summed E-state index contributed by atoms with van der Waals surface area (Å²) in [6, 6.07) is 9.07. The molecule has 2 aromatic rings. The Balaban J connectivity index is 1.57. The predicted octanol–water partition coefficient (Wildman–Crippen LogP) is 3.63. The fraction of sp³-hybridized carbons (Fsp3) is 0.348. The minimum atomic E-state index is -1.23. The molecule has 162 valence electrons. The Hall–Kier alpha value is -3.06. The van der Waals surface area contributed by atoms with Crippen molar-refractivity contribution in [2.45, 2.75) is 44.7 Å². The first kappa shape index (κ1) is 21.2. The van der Waals surface area contributed by atoms with Gasteiger partial charge >= 0.3 is 6.03 Å². The highest BCUT2D eigenvalue weighted by Gasteiger charge is 2.52. The number of anilines is 1. The zero-order valence-electron chi connectivity index (χ0n) is 17.6. The molecule has 8 heteroatoms. The van der Waals surface area contributed by atoms with Crippen molar-refractivity contribution < 1.29 is 19.1 Å². The van der Waals surface area contributed by atoms with Gasteiger partial charge in [-0.3, -0.25) is 9.59 Å². The maximum atomic E-state index is 13.3. The van der Waals surface area contributed by atoms with E-state index in [0.717, 1.165) is 29.7 Å². The second-order valence-electron chi connectivity index (χ2n) is 8.08. The second kappa shape index (κ2) is 7.89. The number of hydrogen-bond acceptors (Lipinski definition) is 4. The molecule has 2 atom stereocenters. The van der Waals surface area contributed by atoms with Crippen molar-refractivity contribution in [1.82, 2.24) is 10.2 Å². The number of urea groups is 1. The standard InChI is InChI=1S/C23H24ClN3O4/c1-13(20(28)25-18-12-17(24)9-10-19(18)31-3)27-21(29)23(2,26-22(27)30)16-8-7-14-5-4-6-15(14)11-16/h7-13H,4-6H2,1-3H3,(H,25,28)(H,26,30)/t13-,23-/m1/s1. The molecule has 1 aliphatic carbocycles. The van der Waals surface area contributed by atoms with Gasteiger partial charge in [-0.2, -0.15) is 0 Å². The highest BCUT2D eigenvalue weighted by atomic mass is 35.5. The van der Waals surface area contributed by atoms with Crippen LogP contribution in [0.5, 0.6) is 5.75 Å². The van der Waals surface area contributed by atoms with Crippen LogP contribution in [0, 0.1) is 0 Å². The van der Waals surface area contributed by atoms with Crippen LogP contribution in [0.15, 0.2) is 36.4 Å². The van der Waals surface area contributed by atoms with Gasteiger partial charge in [-0.1, -0.05) is 29.8 Å². The number of halogens is 1. The van der Waals surface area contributed by atoms with Crippen LogP contribution in [0.4, 0.5) is 10.5 Å². The minimum Gasteiger partial charge on any atom is -0.495 e. The van der Waals surface area contributed by atoms with E-state index in [-0.39, 0.29) is 0 Å². The van der Waals surface area contributed by atoms with Crippen molar-refractivity contribution in [1.29, 1.82) is 0 Å². The molecule has 31 heavy (non-hydrogen) atoms. The molecule has 1 fully saturated rings. The number of carbonyl (C=O) groups excluding carboxylic acids is 3. The number of benzene rings is 2. The van der Waals surface area contributed by atoms with E-state index in [4.69, 9.17) is 16.3 Å². The predicted molar refractivity (Wildman–Crippen MR) is 117 cm³/mol. The number of ether oxygens (including phenoxy) is 1. The summed E-state index contributed by atoms with van der Waals surface area (Å²) >= 11 is 6.02. The summed E-state index contributed by atoms with van der Waals surface area (Å²) in [4.78, 5) is 39.9. The number of carbonyl (C=O) groups is 3. The fourth-order valence-corrected chi connectivity index (χ4v) is 4.40. The van der Waals surface area contributed by atoms with Crippen LogP contribution in [0.3, 0.4) is 0 Å². The molecule has 4 amide bonds. The Morgan fingerprint density at radius 3 is 2.68 bits per heavy atom. The maximum absolute atomic E-state index is 13.3. The van der Waals surface area contributed by atoms with Crippen LogP contribution >= 0.6 is 11.6 Å². The number of methoxy groups -OCH3 is 1. The van der Waals surface area contributed by atoms with Crippen LogP contribution in [0.2, 0.25) is 5.02 Å². The first-order chi connectivity index (χ1) is 14.7. The Morgan fingerprint density at radius 1 is 1.19 bits per heavy atom. The van der Waals surface area contributed by atoms with Crippen molar-refractivity contribution in [2.24, 2.45) is 0 Å². The Bertz CT molecular complexity index is 1090. The number of nitrogens with zero attached hydrogens (tertiary/aromatic N) is 1. The average molecular weight is 442 g/mol. The summed E-state index contributed by atoms with van der Waals surface area (Å²) in [7, 11) is 1.47. The molecule has 2 aromatic carbocycles. The minimum absolute atomic E-state index is 0.361. The maximum Gasteiger partial charge on any atom is 0.326 e. The summed E-state index contributed by atoms with van der Waals surface area (Å²) in [6.07, 6.45) is 3.08. The van der Waals surface area contributed by atoms with Crippen molar-refractivity contribution in [3.05, 3.63) is 58.1 Å². The van der Waals surface area contributed by atoms with E-state index < -0.39 is 29.4 Å². The van der Waals surface area contributed by atoms with Gasteiger partial charge in [-0.25, -0.2) is 9.69 Å². The summed E-state index contributed by atoms with van der Waals surface area (Å²) in [5.74, 6) is -0.566. The second-order valence-corrected chi connectivity index (χ2v) is 8.51. The molecule has 2 N–H and O–H groups in total. The van der Waals surface area contributed by atoms with E-state index >= 15 is 0 Å². The van der Waals surface area contributed by atoms with E-state index in [9.17, 15) is 14.4 Å². The molecule has 0 bridgehead atoms. The van der Waals surface area contributed by atoms with Gasteiger partial charge in [0.15, 0.2) is 0 Å². The van der Waals surface area contributed by atoms with Crippen molar-refractivity contribution in [2.75, 3.05) is 12.4 Å². The summed E-state index contributed by atoms with van der Waals surface area (Å²) in [6.45, 7) is 3.19. The number of fused-ring (bicyclic) bond motifs is 1. The van der Waals surface area contributed by atoms with Gasteiger partial charge in [-0.05, 0) is 68.0 Å². The molecule has 1 heterocycles. The molecular formula is C23H24ClN3O4. The van der Waals surface area contributed by atoms with Crippen LogP contribution < -0.4 is 15.4 Å². The lowest BCUT2D eigenvalue weighted by Gasteiger charge is -2.25. The van der Waals surface area contributed by atoms with Gasteiger partial charge in [0.05, 0.1) is 12.8 Å². The lowest BCUT2D eigenvalue weighted by atomic mass is 9.89. The lowest BCUT2D eigenvalue weighted by molar-refractivity contribution is -0.136. The van der Waals surface area contributed by atoms with Gasteiger partial charge in [0, 0.05) is 5.02 Å². The first-order valence-corrected chi connectivity index (χ1v) is 10.5. The smallest absolute Gasteiger partial charge is 0.326 e. The third-order valence-electron chi connectivity index (χ3n) is 6.08. The van der Waals surface area contributed by atoms with Crippen LogP contribution in [-0.4, -0.2) is 35.9 Å². The zero-order valence-corrected chi connectivity index (χ0v) is 18.4. The van der Waals surface area contributed by atoms with E-state index in [1.165, 1.54) is 25.2 Å². The molecular weight excluding hydrogens is 418 g/mol. The molecule has 2 aliphatic rings. The van der Waals surface area contributed by atoms with E-state index in [2.05, 4.69) is 10.6 Å². The zero-order chi connectivity index (χ0) is 22.3. The molecule has 0 spiro atoms. The summed E-state index contributed by atoms with van der Waals surface area (Å²) in [5.41, 5.74) is 2.34. The largest absolute Gasteiger partial charge is 0.495 e. The van der Waals surface area contributed by atoms with Crippen molar-refractivity contribution in [3.63, 3.8) is 0 Å².